The van der Waals surface area contributed by atoms with Crippen LogP contribution in [0.1, 0.15) is 12.5 Å². The summed E-state index contributed by atoms with van der Waals surface area (Å²) < 4.78 is 0. The number of amides is 1. The zero-order valence-corrected chi connectivity index (χ0v) is 9.71. The number of nitriles is 1. The Bertz CT molecular complexity index is 554. The van der Waals surface area contributed by atoms with E-state index in [2.05, 4.69) is 5.32 Å². The van der Waals surface area contributed by atoms with Crippen molar-refractivity contribution in [2.75, 3.05) is 0 Å². The van der Waals surface area contributed by atoms with Crippen molar-refractivity contribution < 1.29 is 15.0 Å². The molecule has 0 heterocycles. The molecule has 18 heavy (non-hydrogen) atoms. The molecule has 1 aromatic rings. The molecule has 0 fully saturated rings. The number of phenols is 2. The minimum absolute atomic E-state index is 0.127. The van der Waals surface area contributed by atoms with Gasteiger partial charge < -0.3 is 15.5 Å². The summed E-state index contributed by atoms with van der Waals surface area (Å²) >= 11 is 0. The van der Waals surface area contributed by atoms with Gasteiger partial charge in [-0.25, -0.2) is 0 Å². The van der Waals surface area contributed by atoms with Crippen LogP contribution in [-0.4, -0.2) is 16.1 Å². The molecular formula is C13H12N2O3. The van der Waals surface area contributed by atoms with Crippen LogP contribution < -0.4 is 5.32 Å². The summed E-state index contributed by atoms with van der Waals surface area (Å²) in [6.07, 6.45) is 4.62. The number of benzene rings is 1. The van der Waals surface area contributed by atoms with Crippen LogP contribution >= 0.6 is 0 Å². The number of allylic oxidation sites excluding steroid dienone is 3. The van der Waals surface area contributed by atoms with Gasteiger partial charge in [0.05, 0.1) is 0 Å². The largest absolute Gasteiger partial charge is 0.504 e. The standard InChI is InChI=1S/C13H12N2O3/c1-9(16)15-11(8-14)4-2-3-10-5-6-12(17)13(18)7-10/h2-7,17-18H,1H3,(H,15,16). The molecule has 0 unspecified atom stereocenters. The summed E-state index contributed by atoms with van der Waals surface area (Å²) in [7, 11) is 0. The van der Waals surface area contributed by atoms with Gasteiger partial charge in [-0.15, -0.1) is 0 Å². The molecular weight excluding hydrogens is 232 g/mol. The van der Waals surface area contributed by atoms with Gasteiger partial charge in [0.25, 0.3) is 0 Å². The Morgan fingerprint density at radius 2 is 2.11 bits per heavy atom. The average Bonchev–Trinajstić information content (AvgIpc) is 2.32. The second-order valence-corrected chi connectivity index (χ2v) is 3.48. The van der Waals surface area contributed by atoms with Gasteiger partial charge in [0.15, 0.2) is 11.5 Å². The van der Waals surface area contributed by atoms with Crippen LogP contribution in [0.2, 0.25) is 0 Å². The molecule has 1 amide bonds. The SMILES string of the molecule is CC(=O)NC(C#N)=CC=Cc1ccc(O)c(O)c1. The number of nitrogens with zero attached hydrogens (tertiary/aromatic N) is 1. The summed E-state index contributed by atoms with van der Waals surface area (Å²) in [6.45, 7) is 1.31. The zero-order valence-electron chi connectivity index (χ0n) is 9.71. The highest BCUT2D eigenvalue weighted by Crippen LogP contribution is 2.25. The van der Waals surface area contributed by atoms with E-state index in [1.807, 2.05) is 6.07 Å². The highest BCUT2D eigenvalue weighted by atomic mass is 16.3. The molecule has 1 rings (SSSR count). The van der Waals surface area contributed by atoms with Crippen LogP contribution in [0.15, 0.2) is 36.0 Å². The van der Waals surface area contributed by atoms with Gasteiger partial charge in [0, 0.05) is 6.92 Å². The molecule has 0 aliphatic rings. The second kappa shape index (κ2) is 6.11. The molecule has 0 spiro atoms. The Hall–Kier alpha value is -2.74. The monoisotopic (exact) mass is 244 g/mol. The van der Waals surface area contributed by atoms with E-state index in [1.54, 1.807) is 18.2 Å². The van der Waals surface area contributed by atoms with Crippen molar-refractivity contribution in [3.8, 4) is 17.6 Å². The Morgan fingerprint density at radius 1 is 1.39 bits per heavy atom. The first-order valence-corrected chi connectivity index (χ1v) is 5.11. The molecule has 0 aromatic heterocycles. The maximum absolute atomic E-state index is 10.7. The van der Waals surface area contributed by atoms with E-state index in [0.717, 1.165) is 0 Å². The minimum Gasteiger partial charge on any atom is -0.504 e. The third-order valence-electron chi connectivity index (χ3n) is 1.98. The molecule has 0 saturated carbocycles. The summed E-state index contributed by atoms with van der Waals surface area (Å²) in [5.74, 6) is -0.736. The van der Waals surface area contributed by atoms with Gasteiger partial charge in [0.2, 0.25) is 5.91 Å². The van der Waals surface area contributed by atoms with E-state index in [-0.39, 0.29) is 23.1 Å². The van der Waals surface area contributed by atoms with E-state index in [4.69, 9.17) is 10.4 Å². The smallest absolute Gasteiger partial charge is 0.221 e. The number of hydrogen-bond acceptors (Lipinski definition) is 4. The first kappa shape index (κ1) is 13.3. The third kappa shape index (κ3) is 4.02. The topological polar surface area (TPSA) is 93.4 Å². The molecule has 5 nitrogen and oxygen atoms in total. The molecule has 3 N–H and O–H groups in total. The van der Waals surface area contributed by atoms with Crippen LogP contribution in [0.4, 0.5) is 0 Å². The predicted molar refractivity (Wildman–Crippen MR) is 66.3 cm³/mol. The lowest BCUT2D eigenvalue weighted by molar-refractivity contribution is -0.118. The molecule has 1 aromatic carbocycles. The van der Waals surface area contributed by atoms with Crippen LogP contribution in [0.3, 0.4) is 0 Å². The Labute approximate surface area is 104 Å². The van der Waals surface area contributed by atoms with E-state index in [1.165, 1.54) is 25.1 Å². The highest BCUT2D eigenvalue weighted by molar-refractivity contribution is 5.76. The molecule has 0 bridgehead atoms. The van der Waals surface area contributed by atoms with Gasteiger partial charge in [-0.05, 0) is 23.8 Å². The lowest BCUT2D eigenvalue weighted by Gasteiger charge is -1.98. The van der Waals surface area contributed by atoms with Crippen molar-refractivity contribution in [1.29, 1.82) is 5.26 Å². The molecule has 0 aliphatic heterocycles. The Morgan fingerprint density at radius 3 is 2.67 bits per heavy atom. The van der Waals surface area contributed by atoms with Crippen LogP contribution in [0, 0.1) is 11.3 Å². The third-order valence-corrected chi connectivity index (χ3v) is 1.98. The number of carbonyl (C=O) groups excluding carboxylic acids is 1. The summed E-state index contributed by atoms with van der Waals surface area (Å²) in [5, 5.41) is 29.5. The van der Waals surface area contributed by atoms with Crippen molar-refractivity contribution in [3.63, 3.8) is 0 Å². The summed E-state index contributed by atoms with van der Waals surface area (Å²) in [4.78, 5) is 10.7. The molecule has 5 heteroatoms. The minimum atomic E-state index is -0.321. The number of aromatic hydroxyl groups is 2. The van der Waals surface area contributed by atoms with E-state index >= 15 is 0 Å². The predicted octanol–water partition coefficient (Wildman–Crippen LogP) is 1.65. The lowest BCUT2D eigenvalue weighted by Crippen LogP contribution is -2.17. The second-order valence-electron chi connectivity index (χ2n) is 3.48. The Kier molecular flexibility index (Phi) is 4.52. The van der Waals surface area contributed by atoms with Crippen molar-refractivity contribution in [2.24, 2.45) is 0 Å². The molecule has 0 radical (unpaired) electrons. The summed E-state index contributed by atoms with van der Waals surface area (Å²) in [6, 6.07) is 6.17. The molecule has 0 saturated heterocycles. The van der Waals surface area contributed by atoms with Crippen LogP contribution in [-0.2, 0) is 4.79 Å². The van der Waals surface area contributed by atoms with Gasteiger partial charge >= 0.3 is 0 Å². The van der Waals surface area contributed by atoms with Gasteiger partial charge in [0.1, 0.15) is 11.8 Å². The average molecular weight is 244 g/mol. The van der Waals surface area contributed by atoms with Crippen LogP contribution in [0.25, 0.3) is 6.08 Å². The van der Waals surface area contributed by atoms with Crippen molar-refractivity contribution in [3.05, 3.63) is 41.6 Å². The number of phenolic OH excluding ortho intramolecular Hbond substituents is 2. The zero-order chi connectivity index (χ0) is 13.5. The Balaban J connectivity index is 2.80. The number of rotatable bonds is 3. The van der Waals surface area contributed by atoms with E-state index in [0.29, 0.717) is 5.56 Å². The van der Waals surface area contributed by atoms with Gasteiger partial charge in [-0.3, -0.25) is 4.79 Å². The lowest BCUT2D eigenvalue weighted by atomic mass is 10.2. The first-order chi connectivity index (χ1) is 8.52. The number of nitrogens with one attached hydrogen (secondary N) is 1. The summed E-state index contributed by atoms with van der Waals surface area (Å²) in [5.41, 5.74) is 0.781. The number of carbonyl (C=O) groups is 1. The highest BCUT2D eigenvalue weighted by Gasteiger charge is 1.98. The fraction of sp³-hybridized carbons (Fsp3) is 0.0769. The normalized spacial score (nSPS) is 11.2. The van der Waals surface area contributed by atoms with Crippen LogP contribution in [0.5, 0.6) is 11.5 Å². The van der Waals surface area contributed by atoms with E-state index < -0.39 is 0 Å². The van der Waals surface area contributed by atoms with E-state index in [9.17, 15) is 9.90 Å². The maximum atomic E-state index is 10.7. The van der Waals surface area contributed by atoms with Crippen molar-refractivity contribution >= 4 is 12.0 Å². The van der Waals surface area contributed by atoms with Crippen molar-refractivity contribution in [1.82, 2.24) is 5.32 Å². The van der Waals surface area contributed by atoms with Gasteiger partial charge in [-0.1, -0.05) is 18.2 Å². The quantitative estimate of drug-likeness (QED) is 0.428. The maximum Gasteiger partial charge on any atom is 0.221 e. The number of hydrogen-bond donors (Lipinski definition) is 3. The first-order valence-electron chi connectivity index (χ1n) is 5.11. The molecule has 92 valence electrons. The fourth-order valence-corrected chi connectivity index (χ4v) is 1.20. The molecule has 0 aliphatic carbocycles. The molecule has 0 atom stereocenters. The van der Waals surface area contributed by atoms with Crippen molar-refractivity contribution in [2.45, 2.75) is 6.92 Å². The van der Waals surface area contributed by atoms with Gasteiger partial charge in [-0.2, -0.15) is 5.26 Å². The fourth-order valence-electron chi connectivity index (χ4n) is 1.20.